The molecule has 14 heteroatoms. The topological polar surface area (TPSA) is 175 Å². The molecule has 3 aliphatic heterocycles. The van der Waals surface area contributed by atoms with Gasteiger partial charge >= 0.3 is 5.97 Å². The quantitative estimate of drug-likeness (QED) is 0.146. The van der Waals surface area contributed by atoms with Crippen LogP contribution in [0.15, 0.2) is 47.6 Å². The van der Waals surface area contributed by atoms with Crippen LogP contribution < -0.4 is 0 Å². The Morgan fingerprint density at radius 3 is 2.27 bits per heavy atom. The fourth-order valence-electron chi connectivity index (χ4n) is 10.4. The number of ether oxygens (including phenoxy) is 5. The zero-order chi connectivity index (χ0) is 48.9. The summed E-state index contributed by atoms with van der Waals surface area (Å²) in [6.45, 7) is 12.9. The third-order valence-corrected chi connectivity index (χ3v) is 15.9. The van der Waals surface area contributed by atoms with E-state index in [1.54, 1.807) is 52.8 Å². The molecule has 2 unspecified atom stereocenters. The highest BCUT2D eigenvalue weighted by Gasteiger charge is 2.53. The second kappa shape index (κ2) is 26.1. The zero-order valence-electron chi connectivity index (χ0n) is 41.6. The van der Waals surface area contributed by atoms with Crippen LogP contribution in [-0.4, -0.2) is 132 Å². The molecule has 2 N–H and O–H groups in total. The minimum Gasteiger partial charge on any atom is -0.460 e. The average molecular weight is 944 g/mol. The predicted molar refractivity (Wildman–Crippen MR) is 256 cm³/mol. The number of rotatable bonds is 7. The maximum absolute atomic E-state index is 14.4. The van der Waals surface area contributed by atoms with E-state index in [1.807, 2.05) is 58.1 Å². The fraction of sp³-hybridized carbons (Fsp3) is 0.750. The van der Waals surface area contributed by atoms with Gasteiger partial charge in [0.2, 0.25) is 5.79 Å². The maximum Gasteiger partial charge on any atom is 0.329 e. The van der Waals surface area contributed by atoms with Crippen molar-refractivity contribution in [1.29, 1.82) is 0 Å². The first kappa shape index (κ1) is 55.6. The minimum absolute atomic E-state index is 0.0292. The zero-order valence-corrected chi connectivity index (χ0v) is 42.4. The maximum atomic E-state index is 14.4. The highest BCUT2D eigenvalue weighted by Crippen LogP contribution is 2.39. The van der Waals surface area contributed by atoms with E-state index < -0.39 is 77.8 Å². The van der Waals surface area contributed by atoms with E-state index in [-0.39, 0.29) is 54.8 Å². The summed E-state index contributed by atoms with van der Waals surface area (Å²) in [7, 11) is 4.71. The van der Waals surface area contributed by atoms with Crippen molar-refractivity contribution < 1.29 is 57.9 Å². The number of hydrogen-bond acceptors (Lipinski definition) is 13. The number of methoxy groups -OCH3 is 3. The fourth-order valence-corrected chi connectivity index (χ4v) is 11.3. The lowest BCUT2D eigenvalue weighted by Gasteiger charge is -2.42. The first-order valence-electron chi connectivity index (χ1n) is 24.3. The van der Waals surface area contributed by atoms with Crippen LogP contribution in [0.2, 0.25) is 0 Å². The molecule has 66 heavy (non-hydrogen) atoms. The molecule has 0 aromatic carbocycles. The molecular formula is C52H81NO12S. The molecule has 4 aliphatic rings. The Bertz CT molecular complexity index is 1780. The van der Waals surface area contributed by atoms with Gasteiger partial charge in [0, 0.05) is 63.7 Å². The number of piperidine rings is 1. The lowest BCUT2D eigenvalue weighted by molar-refractivity contribution is -0.265. The summed E-state index contributed by atoms with van der Waals surface area (Å²) in [5, 5.41) is 23.8. The van der Waals surface area contributed by atoms with Crippen molar-refractivity contribution in [2.24, 2.45) is 35.5 Å². The van der Waals surface area contributed by atoms with E-state index >= 15 is 0 Å². The predicted octanol–water partition coefficient (Wildman–Crippen LogP) is 7.55. The van der Waals surface area contributed by atoms with E-state index in [4.69, 9.17) is 23.7 Å². The molecule has 1 amide bonds. The molecule has 1 saturated carbocycles. The van der Waals surface area contributed by atoms with Gasteiger partial charge in [-0.1, -0.05) is 71.1 Å². The minimum atomic E-state index is -2.41. The molecule has 0 spiro atoms. The van der Waals surface area contributed by atoms with E-state index in [0.29, 0.717) is 55.8 Å². The Morgan fingerprint density at radius 1 is 0.879 bits per heavy atom. The molecule has 372 valence electrons. The van der Waals surface area contributed by atoms with Gasteiger partial charge in [0.15, 0.2) is 5.78 Å². The summed E-state index contributed by atoms with van der Waals surface area (Å²) in [4.78, 5) is 72.1. The number of hydrogen-bond donors (Lipinski definition) is 2. The summed E-state index contributed by atoms with van der Waals surface area (Å²) in [5.74, 6) is -7.52. The van der Waals surface area contributed by atoms with Crippen molar-refractivity contribution in [2.45, 2.75) is 179 Å². The molecular weight excluding hydrogens is 863 g/mol. The van der Waals surface area contributed by atoms with Crippen molar-refractivity contribution >= 4 is 41.0 Å². The number of carbonyl (C=O) groups is 5. The standard InChI is InChI=1S/C52H81NO12S/c1-31-17-13-12-14-18-32(2)42(61-8)29-39-22-20-37(7)52(60,65-39)49(57)50(58)53-24-16-15-19-40(53)51(59)64-43(34(4)27-38-21-23-45(66-11)44(28-38)62-9)30-41(54)33(3)26-36(6)47(56)48(63-10)46(55)35(5)25-31/h12-14,17-18,26,31,33-35,37-40,42-45,47-48,56,60H,15-16,19-25,27-30H2,1-11H3/b14-12+,17-13+,32-18+,36-26+/t31-,33-,34-,35-,37-,38+,39?,40?,42+,43+,44-,45-,47-,48+,52-/m1/s1. The third kappa shape index (κ3) is 14.5. The molecule has 4 rings (SSSR count). The number of cyclic esters (lactones) is 1. The van der Waals surface area contributed by atoms with Crippen LogP contribution in [-0.2, 0) is 47.7 Å². The van der Waals surface area contributed by atoms with Crippen LogP contribution in [0.4, 0.5) is 0 Å². The second-order valence-corrected chi connectivity index (χ2v) is 20.9. The highest BCUT2D eigenvalue weighted by atomic mass is 32.2. The molecule has 0 radical (unpaired) electrons. The monoisotopic (exact) mass is 944 g/mol. The van der Waals surface area contributed by atoms with Crippen LogP contribution in [0, 0.1) is 35.5 Å². The van der Waals surface area contributed by atoms with Crippen LogP contribution in [0.3, 0.4) is 0 Å². The summed E-state index contributed by atoms with van der Waals surface area (Å²) >= 11 is 1.80. The number of thioether (sulfide) groups is 1. The molecule has 3 fully saturated rings. The van der Waals surface area contributed by atoms with Crippen LogP contribution >= 0.6 is 11.8 Å². The van der Waals surface area contributed by atoms with Gasteiger partial charge in [-0.2, -0.15) is 11.8 Å². The van der Waals surface area contributed by atoms with Crippen molar-refractivity contribution in [3.05, 3.63) is 47.6 Å². The Hall–Kier alpha value is -2.98. The highest BCUT2D eigenvalue weighted by molar-refractivity contribution is 7.99. The summed E-state index contributed by atoms with van der Waals surface area (Å²) in [6.07, 6.45) is 15.6. The lowest BCUT2D eigenvalue weighted by Crippen LogP contribution is -2.61. The van der Waals surface area contributed by atoms with Gasteiger partial charge in [0.1, 0.15) is 30.1 Å². The number of ketones is 3. The summed E-state index contributed by atoms with van der Waals surface area (Å²) in [5.41, 5.74) is 1.30. The first-order valence-corrected chi connectivity index (χ1v) is 25.6. The largest absolute Gasteiger partial charge is 0.460 e. The van der Waals surface area contributed by atoms with E-state index in [0.717, 1.165) is 24.8 Å². The Morgan fingerprint density at radius 2 is 1.61 bits per heavy atom. The molecule has 1 aliphatic carbocycles. The molecule has 3 heterocycles. The molecule has 0 aromatic rings. The molecule has 2 bridgehead atoms. The van der Waals surface area contributed by atoms with Crippen molar-refractivity contribution in [2.75, 3.05) is 34.1 Å². The second-order valence-electron chi connectivity index (χ2n) is 19.8. The number of carbonyl (C=O) groups excluding carboxylic acids is 5. The Balaban J connectivity index is 1.70. The first-order chi connectivity index (χ1) is 31.3. The van der Waals surface area contributed by atoms with Crippen molar-refractivity contribution in [3.63, 3.8) is 0 Å². The Kier molecular flexibility index (Phi) is 22.0. The van der Waals surface area contributed by atoms with E-state index in [1.165, 1.54) is 12.0 Å². The number of Topliss-reactive ketones (excluding diaryl/α,β-unsaturated/α-hetero) is 3. The molecule has 0 aromatic heterocycles. The number of allylic oxidation sites excluding steroid dienone is 6. The Labute approximate surface area is 398 Å². The van der Waals surface area contributed by atoms with Crippen molar-refractivity contribution in [3.8, 4) is 0 Å². The smallest absolute Gasteiger partial charge is 0.329 e. The molecule has 13 nitrogen and oxygen atoms in total. The van der Waals surface area contributed by atoms with Gasteiger partial charge in [-0.3, -0.25) is 19.2 Å². The van der Waals surface area contributed by atoms with Gasteiger partial charge in [0.25, 0.3) is 11.7 Å². The van der Waals surface area contributed by atoms with Crippen LogP contribution in [0.5, 0.6) is 0 Å². The summed E-state index contributed by atoms with van der Waals surface area (Å²) in [6, 6.07) is -1.11. The third-order valence-electron chi connectivity index (χ3n) is 14.8. The summed E-state index contributed by atoms with van der Waals surface area (Å²) < 4.78 is 29.8. The number of aliphatic hydroxyl groups is 2. The van der Waals surface area contributed by atoms with Crippen LogP contribution in [0.1, 0.15) is 126 Å². The number of amides is 1. The van der Waals surface area contributed by atoms with Gasteiger partial charge in [-0.05, 0) is 113 Å². The normalized spacial score (nSPS) is 40.0. The van der Waals surface area contributed by atoms with E-state index in [2.05, 4.69) is 6.26 Å². The van der Waals surface area contributed by atoms with E-state index in [9.17, 15) is 34.2 Å². The number of fused-ring (bicyclic) bond motifs is 3. The molecule has 15 atom stereocenters. The number of nitrogens with zero attached hydrogens (tertiary/aromatic N) is 1. The molecule has 2 saturated heterocycles. The SMILES string of the molecule is CO[C@H]1CC2CC[C@@H](C)[C@@](O)(O2)C(=O)C(=O)N2CCCCC2C(=O)O[C@H]([C@H](C)C[C@@H]2CC[C@@H](SC)[C@H](OC)C2)CC(=O)[C@H](C)/C=C(\C)[C@@H](O)[C@@H](OC)C(=O)[C@H](C)C[C@H](C)/C=C/C=C/C=C/1C. The number of esters is 1. The van der Waals surface area contributed by atoms with Gasteiger partial charge in [-0.25, -0.2) is 4.79 Å². The van der Waals surface area contributed by atoms with Gasteiger partial charge in [0.05, 0.1) is 18.3 Å². The van der Waals surface area contributed by atoms with Crippen LogP contribution in [0.25, 0.3) is 0 Å². The van der Waals surface area contributed by atoms with Gasteiger partial charge < -0.3 is 38.8 Å². The lowest BCUT2D eigenvalue weighted by atomic mass is 9.79. The van der Waals surface area contributed by atoms with Gasteiger partial charge in [-0.15, -0.1) is 0 Å². The number of aliphatic hydroxyl groups excluding tert-OH is 1. The van der Waals surface area contributed by atoms with Crippen molar-refractivity contribution in [1.82, 2.24) is 4.90 Å². The average Bonchev–Trinajstić information content (AvgIpc) is 3.30.